The van der Waals surface area contributed by atoms with E-state index in [0.717, 1.165) is 0 Å². The zero-order valence-electron chi connectivity index (χ0n) is 23.3. The van der Waals surface area contributed by atoms with Crippen LogP contribution >= 0.6 is 11.3 Å². The Morgan fingerprint density at radius 1 is 0.372 bits per heavy atom. The fraction of sp³-hybridized carbons (Fsp3) is 0. The summed E-state index contributed by atoms with van der Waals surface area (Å²) >= 11 is 1.83. The van der Waals surface area contributed by atoms with Gasteiger partial charge in [0.25, 0.3) is 0 Å². The van der Waals surface area contributed by atoms with Gasteiger partial charge in [-0.15, -0.1) is 11.3 Å². The fourth-order valence-electron chi connectivity index (χ4n) is 6.79. The Bertz CT molecular complexity index is 2340. The minimum atomic E-state index is 1.22. The lowest BCUT2D eigenvalue weighted by atomic mass is 9.78. The molecule has 0 unspecified atom stereocenters. The summed E-state index contributed by atoms with van der Waals surface area (Å²) in [5.41, 5.74) is 15.1. The highest BCUT2D eigenvalue weighted by atomic mass is 32.1. The molecular weight excluding hydrogens is 539 g/mol. The molecule has 200 valence electrons. The second-order valence-corrected chi connectivity index (χ2v) is 12.2. The first-order chi connectivity index (χ1) is 21.3. The molecule has 0 spiro atoms. The molecule has 6 aromatic carbocycles. The van der Waals surface area contributed by atoms with E-state index in [2.05, 4.69) is 145 Å². The number of nitrogens with zero attached hydrogens (tertiary/aromatic N) is 1. The van der Waals surface area contributed by atoms with Crippen LogP contribution in [0, 0.1) is 0 Å². The maximum absolute atomic E-state index is 4.38. The molecule has 1 aliphatic rings. The standard InChI is InChI=1S/C41H25NS/c1-2-9-31-30(8-1)32-10-3-4-11-34(32)36-15-7-14-29(41(36)35-13-6-5-12-33(31)35)27-18-16-26(17-19-27)28-20-21-39-37(24-28)38-25-42-23-22-40(38)43-39/h1-25H. The molecule has 0 saturated carbocycles. The smallest absolute Gasteiger partial charge is 0.0386 e. The van der Waals surface area contributed by atoms with E-state index >= 15 is 0 Å². The third kappa shape index (κ3) is 3.81. The van der Waals surface area contributed by atoms with Gasteiger partial charge < -0.3 is 0 Å². The van der Waals surface area contributed by atoms with Gasteiger partial charge in [-0.1, -0.05) is 121 Å². The van der Waals surface area contributed by atoms with Crippen molar-refractivity contribution in [3.8, 4) is 66.8 Å². The summed E-state index contributed by atoms with van der Waals surface area (Å²) in [5, 5.41) is 2.50. The van der Waals surface area contributed by atoms with E-state index in [1.54, 1.807) is 0 Å². The molecule has 8 aromatic rings. The Morgan fingerprint density at radius 2 is 0.884 bits per heavy atom. The third-order valence-corrected chi connectivity index (χ3v) is 9.94. The molecule has 43 heavy (non-hydrogen) atoms. The first-order valence-electron chi connectivity index (χ1n) is 14.6. The lowest BCUT2D eigenvalue weighted by molar-refractivity contribution is 1.37. The van der Waals surface area contributed by atoms with E-state index in [0.29, 0.717) is 0 Å². The van der Waals surface area contributed by atoms with Crippen molar-refractivity contribution in [3.05, 3.63) is 152 Å². The van der Waals surface area contributed by atoms with Crippen LogP contribution in [0.1, 0.15) is 0 Å². The summed E-state index contributed by atoms with van der Waals surface area (Å²) in [5.74, 6) is 0. The Hall–Kier alpha value is -5.31. The van der Waals surface area contributed by atoms with E-state index in [1.807, 2.05) is 23.7 Å². The molecule has 0 amide bonds. The average molecular weight is 564 g/mol. The van der Waals surface area contributed by atoms with E-state index in [1.165, 1.54) is 86.9 Å². The van der Waals surface area contributed by atoms with Crippen molar-refractivity contribution in [3.63, 3.8) is 0 Å². The van der Waals surface area contributed by atoms with Crippen LogP contribution in [0.2, 0.25) is 0 Å². The van der Waals surface area contributed by atoms with Gasteiger partial charge in [0, 0.05) is 32.6 Å². The number of aromatic nitrogens is 1. The second-order valence-electron chi connectivity index (χ2n) is 11.1. The molecule has 2 heteroatoms. The van der Waals surface area contributed by atoms with Gasteiger partial charge >= 0.3 is 0 Å². The van der Waals surface area contributed by atoms with Gasteiger partial charge in [-0.3, -0.25) is 4.98 Å². The average Bonchev–Trinajstić information content (AvgIpc) is 3.45. The zero-order valence-corrected chi connectivity index (χ0v) is 24.1. The highest BCUT2D eigenvalue weighted by Crippen LogP contribution is 2.50. The molecule has 9 rings (SSSR count). The zero-order chi connectivity index (χ0) is 28.3. The van der Waals surface area contributed by atoms with Crippen molar-refractivity contribution in [2.75, 3.05) is 0 Å². The summed E-state index contributed by atoms with van der Waals surface area (Å²) in [6, 6.07) is 51.3. The normalized spacial score (nSPS) is 11.7. The number of pyridine rings is 1. The maximum Gasteiger partial charge on any atom is 0.0386 e. The van der Waals surface area contributed by atoms with Gasteiger partial charge in [0.15, 0.2) is 0 Å². The van der Waals surface area contributed by atoms with Crippen LogP contribution in [-0.2, 0) is 0 Å². The van der Waals surface area contributed by atoms with Crippen LogP contribution in [0.5, 0.6) is 0 Å². The highest BCUT2D eigenvalue weighted by Gasteiger charge is 2.23. The molecule has 0 atom stereocenters. The molecule has 1 nitrogen and oxygen atoms in total. The minimum absolute atomic E-state index is 1.22. The largest absolute Gasteiger partial charge is 0.264 e. The summed E-state index contributed by atoms with van der Waals surface area (Å²) in [6.07, 6.45) is 3.86. The number of rotatable bonds is 2. The van der Waals surface area contributed by atoms with Gasteiger partial charge in [-0.05, 0) is 85.0 Å². The molecule has 0 fully saturated rings. The van der Waals surface area contributed by atoms with Gasteiger partial charge in [-0.2, -0.15) is 0 Å². The lowest BCUT2D eigenvalue weighted by Gasteiger charge is -2.25. The summed E-state index contributed by atoms with van der Waals surface area (Å²) < 4.78 is 2.58. The van der Waals surface area contributed by atoms with Gasteiger partial charge in [-0.25, -0.2) is 0 Å². The van der Waals surface area contributed by atoms with Crippen LogP contribution in [-0.4, -0.2) is 4.98 Å². The molecule has 2 aromatic heterocycles. The molecule has 2 heterocycles. The molecule has 0 aliphatic heterocycles. The van der Waals surface area contributed by atoms with E-state index < -0.39 is 0 Å². The fourth-order valence-corrected chi connectivity index (χ4v) is 7.85. The van der Waals surface area contributed by atoms with E-state index in [-0.39, 0.29) is 0 Å². The van der Waals surface area contributed by atoms with Crippen LogP contribution in [0.3, 0.4) is 0 Å². The van der Waals surface area contributed by atoms with Gasteiger partial charge in [0.05, 0.1) is 0 Å². The van der Waals surface area contributed by atoms with Crippen LogP contribution < -0.4 is 0 Å². The first kappa shape index (κ1) is 24.3. The lowest BCUT2D eigenvalue weighted by Crippen LogP contribution is -1.98. The number of hydrogen-bond donors (Lipinski definition) is 0. The summed E-state index contributed by atoms with van der Waals surface area (Å²) in [4.78, 5) is 4.38. The molecule has 0 radical (unpaired) electrons. The predicted octanol–water partition coefficient (Wildman–Crippen LogP) is 11.8. The van der Waals surface area contributed by atoms with E-state index in [4.69, 9.17) is 0 Å². The van der Waals surface area contributed by atoms with Crippen LogP contribution in [0.4, 0.5) is 0 Å². The molecule has 1 aliphatic carbocycles. The molecule has 0 N–H and O–H groups in total. The van der Waals surface area contributed by atoms with E-state index in [9.17, 15) is 0 Å². The van der Waals surface area contributed by atoms with Crippen LogP contribution in [0.25, 0.3) is 86.9 Å². The Labute approximate surface area is 254 Å². The van der Waals surface area contributed by atoms with Crippen molar-refractivity contribution in [1.29, 1.82) is 0 Å². The van der Waals surface area contributed by atoms with Gasteiger partial charge in [0.2, 0.25) is 0 Å². The Balaban J connectivity index is 1.23. The third-order valence-electron chi connectivity index (χ3n) is 8.79. The quantitative estimate of drug-likeness (QED) is 0.204. The Kier molecular flexibility index (Phi) is 5.44. The summed E-state index contributed by atoms with van der Waals surface area (Å²) in [7, 11) is 0. The summed E-state index contributed by atoms with van der Waals surface area (Å²) in [6.45, 7) is 0. The Morgan fingerprint density at radius 3 is 1.58 bits per heavy atom. The van der Waals surface area contributed by atoms with Crippen molar-refractivity contribution in [2.45, 2.75) is 0 Å². The van der Waals surface area contributed by atoms with Crippen molar-refractivity contribution in [2.24, 2.45) is 0 Å². The highest BCUT2D eigenvalue weighted by molar-refractivity contribution is 7.25. The number of hydrogen-bond acceptors (Lipinski definition) is 2. The van der Waals surface area contributed by atoms with Crippen molar-refractivity contribution >= 4 is 31.5 Å². The van der Waals surface area contributed by atoms with Crippen molar-refractivity contribution in [1.82, 2.24) is 4.98 Å². The number of benzene rings is 6. The maximum atomic E-state index is 4.38. The molecule has 0 bridgehead atoms. The topological polar surface area (TPSA) is 12.9 Å². The predicted molar refractivity (Wildman–Crippen MR) is 183 cm³/mol. The monoisotopic (exact) mass is 563 g/mol. The number of fused-ring (bicyclic) bond motifs is 11. The van der Waals surface area contributed by atoms with Crippen molar-refractivity contribution < 1.29 is 0 Å². The number of thiophene rings is 1. The second kappa shape index (κ2) is 9.62. The van der Waals surface area contributed by atoms with Crippen LogP contribution in [0.15, 0.2) is 152 Å². The van der Waals surface area contributed by atoms with Gasteiger partial charge in [0.1, 0.15) is 0 Å². The minimum Gasteiger partial charge on any atom is -0.264 e. The molecule has 0 saturated heterocycles. The SMILES string of the molecule is c1ccc2c(c1)-c1ccccc1-c1cccc(-c3ccc(-c4ccc5sc6ccncc6c5c4)cc3)c1-c1ccccc1-2. The molecular formula is C41H25NS. The first-order valence-corrected chi connectivity index (χ1v) is 15.4.